The Morgan fingerprint density at radius 1 is 1.16 bits per heavy atom. The summed E-state index contributed by atoms with van der Waals surface area (Å²) < 4.78 is 12.8. The maximum Gasteiger partial charge on any atom is 0.237 e. The first-order valence-corrected chi connectivity index (χ1v) is 9.02. The SMILES string of the molecule is Cc1ccc(Cl)cc1NC(=O)C(C)SCC(=O)Nc1ccc(F)cc1. The summed E-state index contributed by atoms with van der Waals surface area (Å²) in [7, 11) is 0. The van der Waals surface area contributed by atoms with E-state index >= 15 is 0 Å². The molecular weight excluding hydrogens is 363 g/mol. The molecule has 4 nitrogen and oxygen atoms in total. The van der Waals surface area contributed by atoms with Crippen molar-refractivity contribution in [3.63, 3.8) is 0 Å². The summed E-state index contributed by atoms with van der Waals surface area (Å²) in [5.41, 5.74) is 2.07. The molecule has 7 heteroatoms. The Bertz CT molecular complexity index is 768. The normalized spacial score (nSPS) is 11.7. The van der Waals surface area contributed by atoms with Gasteiger partial charge in [-0.3, -0.25) is 9.59 Å². The van der Waals surface area contributed by atoms with Crippen LogP contribution in [0.3, 0.4) is 0 Å². The second kappa shape index (κ2) is 8.87. The largest absolute Gasteiger partial charge is 0.325 e. The van der Waals surface area contributed by atoms with Gasteiger partial charge in [-0.05, 0) is 55.8 Å². The van der Waals surface area contributed by atoms with Gasteiger partial charge in [0.15, 0.2) is 0 Å². The van der Waals surface area contributed by atoms with Gasteiger partial charge in [0, 0.05) is 16.4 Å². The van der Waals surface area contributed by atoms with Crippen LogP contribution in [-0.4, -0.2) is 22.8 Å². The molecule has 0 aliphatic heterocycles. The lowest BCUT2D eigenvalue weighted by Gasteiger charge is -2.14. The second-order valence-electron chi connectivity index (χ2n) is 5.46. The second-order valence-corrected chi connectivity index (χ2v) is 7.22. The standard InChI is InChI=1S/C18H18ClFN2O2S/c1-11-3-4-13(19)9-16(11)22-18(24)12(2)25-10-17(23)21-15-7-5-14(20)6-8-15/h3-9,12H,10H2,1-2H3,(H,21,23)(H,22,24). The molecule has 2 aromatic carbocycles. The van der Waals surface area contributed by atoms with E-state index in [4.69, 9.17) is 11.6 Å². The summed E-state index contributed by atoms with van der Waals surface area (Å²) in [6.07, 6.45) is 0. The molecule has 0 heterocycles. The molecule has 0 radical (unpaired) electrons. The summed E-state index contributed by atoms with van der Waals surface area (Å²) in [5.74, 6) is -0.713. The molecule has 132 valence electrons. The number of aryl methyl sites for hydroxylation is 1. The number of hydrogen-bond acceptors (Lipinski definition) is 3. The van der Waals surface area contributed by atoms with Crippen molar-refractivity contribution in [2.24, 2.45) is 0 Å². The van der Waals surface area contributed by atoms with E-state index in [1.807, 2.05) is 13.0 Å². The van der Waals surface area contributed by atoms with Crippen LogP contribution in [0.1, 0.15) is 12.5 Å². The molecule has 1 atom stereocenters. The van der Waals surface area contributed by atoms with Crippen LogP contribution < -0.4 is 10.6 Å². The van der Waals surface area contributed by atoms with Gasteiger partial charge in [-0.1, -0.05) is 17.7 Å². The number of amides is 2. The first-order chi connectivity index (χ1) is 11.8. The van der Waals surface area contributed by atoms with Crippen molar-refractivity contribution in [1.82, 2.24) is 0 Å². The zero-order chi connectivity index (χ0) is 18.4. The zero-order valence-electron chi connectivity index (χ0n) is 13.8. The van der Waals surface area contributed by atoms with E-state index in [0.717, 1.165) is 5.56 Å². The van der Waals surface area contributed by atoms with Crippen LogP contribution in [0.2, 0.25) is 5.02 Å². The Hall–Kier alpha value is -2.05. The lowest BCUT2D eigenvalue weighted by Crippen LogP contribution is -2.25. The maximum absolute atomic E-state index is 12.8. The predicted molar refractivity (Wildman–Crippen MR) is 102 cm³/mol. The van der Waals surface area contributed by atoms with E-state index in [1.165, 1.54) is 36.0 Å². The lowest BCUT2D eigenvalue weighted by atomic mass is 10.2. The van der Waals surface area contributed by atoms with E-state index in [9.17, 15) is 14.0 Å². The fourth-order valence-corrected chi connectivity index (χ4v) is 2.83. The van der Waals surface area contributed by atoms with Gasteiger partial charge in [-0.15, -0.1) is 11.8 Å². The van der Waals surface area contributed by atoms with Crippen LogP contribution in [0.15, 0.2) is 42.5 Å². The Kier molecular flexibility index (Phi) is 6.84. The Labute approximate surface area is 155 Å². The van der Waals surface area contributed by atoms with Crippen LogP contribution in [0.5, 0.6) is 0 Å². The van der Waals surface area contributed by atoms with Gasteiger partial charge in [-0.2, -0.15) is 0 Å². The number of halogens is 2. The van der Waals surface area contributed by atoms with Crippen molar-refractivity contribution in [3.8, 4) is 0 Å². The van der Waals surface area contributed by atoms with Crippen molar-refractivity contribution in [2.75, 3.05) is 16.4 Å². The maximum atomic E-state index is 12.8. The van der Waals surface area contributed by atoms with Crippen LogP contribution in [0, 0.1) is 12.7 Å². The lowest BCUT2D eigenvalue weighted by molar-refractivity contribution is -0.115. The van der Waals surface area contributed by atoms with Crippen LogP contribution in [0.4, 0.5) is 15.8 Å². The van der Waals surface area contributed by atoms with Gasteiger partial charge in [0.05, 0.1) is 11.0 Å². The Morgan fingerprint density at radius 3 is 2.52 bits per heavy atom. The van der Waals surface area contributed by atoms with Gasteiger partial charge >= 0.3 is 0 Å². The first kappa shape index (κ1) is 19.3. The van der Waals surface area contributed by atoms with Crippen LogP contribution >= 0.6 is 23.4 Å². The highest BCUT2D eigenvalue weighted by molar-refractivity contribution is 8.01. The van der Waals surface area contributed by atoms with Crippen molar-refractivity contribution in [2.45, 2.75) is 19.1 Å². The van der Waals surface area contributed by atoms with Gasteiger partial charge in [0.2, 0.25) is 11.8 Å². The highest BCUT2D eigenvalue weighted by Gasteiger charge is 2.16. The van der Waals surface area contributed by atoms with Crippen molar-refractivity contribution < 1.29 is 14.0 Å². The average Bonchev–Trinajstić information content (AvgIpc) is 2.58. The van der Waals surface area contributed by atoms with Crippen molar-refractivity contribution >= 4 is 46.6 Å². The number of benzene rings is 2. The summed E-state index contributed by atoms with van der Waals surface area (Å²) in [6, 6.07) is 10.8. The van der Waals surface area contributed by atoms with Crippen LogP contribution in [0.25, 0.3) is 0 Å². The third-order valence-electron chi connectivity index (χ3n) is 3.42. The van der Waals surface area contributed by atoms with E-state index in [2.05, 4.69) is 10.6 Å². The molecule has 0 saturated heterocycles. The monoisotopic (exact) mass is 380 g/mol. The molecule has 2 aromatic rings. The molecule has 2 amide bonds. The van der Waals surface area contributed by atoms with E-state index in [-0.39, 0.29) is 23.4 Å². The molecule has 25 heavy (non-hydrogen) atoms. The van der Waals surface area contributed by atoms with Crippen LogP contribution in [-0.2, 0) is 9.59 Å². The zero-order valence-corrected chi connectivity index (χ0v) is 15.4. The molecule has 0 aliphatic rings. The van der Waals surface area contributed by atoms with Crippen molar-refractivity contribution in [3.05, 3.63) is 58.9 Å². The number of thioether (sulfide) groups is 1. The molecular formula is C18H18ClFN2O2S. The summed E-state index contributed by atoms with van der Waals surface area (Å²) in [5, 5.41) is 5.59. The van der Waals surface area contributed by atoms with Crippen molar-refractivity contribution in [1.29, 1.82) is 0 Å². The minimum Gasteiger partial charge on any atom is -0.325 e. The molecule has 0 saturated carbocycles. The highest BCUT2D eigenvalue weighted by atomic mass is 35.5. The van der Waals surface area contributed by atoms with Gasteiger partial charge in [-0.25, -0.2) is 4.39 Å². The fraction of sp³-hybridized carbons (Fsp3) is 0.222. The number of anilines is 2. The molecule has 0 aliphatic carbocycles. The Morgan fingerprint density at radius 2 is 1.84 bits per heavy atom. The van der Waals surface area contributed by atoms with E-state index in [1.54, 1.807) is 19.1 Å². The third-order valence-corrected chi connectivity index (χ3v) is 4.80. The van der Waals surface area contributed by atoms with Gasteiger partial charge in [0.1, 0.15) is 5.82 Å². The summed E-state index contributed by atoms with van der Waals surface area (Å²) >= 11 is 7.15. The smallest absolute Gasteiger partial charge is 0.237 e. The number of rotatable bonds is 6. The summed E-state index contributed by atoms with van der Waals surface area (Å²) in [6.45, 7) is 3.60. The van der Waals surface area contributed by atoms with E-state index in [0.29, 0.717) is 16.4 Å². The third kappa shape index (κ3) is 6.07. The van der Waals surface area contributed by atoms with Gasteiger partial charge in [0.25, 0.3) is 0 Å². The quantitative estimate of drug-likeness (QED) is 0.776. The topological polar surface area (TPSA) is 58.2 Å². The molecule has 2 rings (SSSR count). The molecule has 0 bridgehead atoms. The minimum atomic E-state index is -0.419. The predicted octanol–water partition coefficient (Wildman–Crippen LogP) is 4.49. The fourth-order valence-electron chi connectivity index (χ4n) is 1.97. The number of carbonyl (C=O) groups excluding carboxylic acids is 2. The minimum absolute atomic E-state index is 0.112. The number of nitrogens with one attached hydrogen (secondary N) is 2. The van der Waals surface area contributed by atoms with E-state index < -0.39 is 5.25 Å². The highest BCUT2D eigenvalue weighted by Crippen LogP contribution is 2.22. The molecule has 0 fully saturated rings. The molecule has 1 unspecified atom stereocenters. The number of hydrogen-bond donors (Lipinski definition) is 2. The molecule has 0 aromatic heterocycles. The Balaban J connectivity index is 1.83. The number of carbonyl (C=O) groups is 2. The first-order valence-electron chi connectivity index (χ1n) is 7.59. The molecule has 2 N–H and O–H groups in total. The molecule has 0 spiro atoms. The summed E-state index contributed by atoms with van der Waals surface area (Å²) in [4.78, 5) is 24.1. The van der Waals surface area contributed by atoms with Gasteiger partial charge < -0.3 is 10.6 Å². The average molecular weight is 381 g/mol.